The summed E-state index contributed by atoms with van der Waals surface area (Å²) in [5.74, 6) is 2.44. The molecule has 0 fully saturated rings. The number of hydrogen-bond donors (Lipinski definition) is 1. The molecule has 3 heteroatoms. The summed E-state index contributed by atoms with van der Waals surface area (Å²) in [5.41, 5.74) is 0. The molecular weight excluding hydrogens is 210 g/mol. The minimum Gasteiger partial charge on any atom is -0.308 e. The Morgan fingerprint density at radius 1 is 1.50 bits per heavy atom. The molecule has 0 bridgehead atoms. The molecule has 1 aromatic rings. The van der Waals surface area contributed by atoms with Gasteiger partial charge in [-0.3, -0.25) is 0 Å². The summed E-state index contributed by atoms with van der Waals surface area (Å²) in [6.45, 7) is 5.57. The maximum absolute atomic E-state index is 3.60. The Kier molecular flexibility index (Phi) is 6.32. The van der Waals surface area contributed by atoms with E-state index in [1.54, 1.807) is 0 Å². The van der Waals surface area contributed by atoms with Crippen LogP contribution in [0.5, 0.6) is 0 Å². The molecule has 0 aromatic carbocycles. The van der Waals surface area contributed by atoms with Crippen molar-refractivity contribution in [1.82, 2.24) is 5.32 Å². The fraction of sp³-hybridized carbons (Fsp3) is 0.636. The molecule has 0 radical (unpaired) electrons. The Hall–Kier alpha value is 0.01000. The van der Waals surface area contributed by atoms with Gasteiger partial charge in [-0.25, -0.2) is 0 Å². The second kappa shape index (κ2) is 7.32. The molecule has 1 atom stereocenters. The van der Waals surface area contributed by atoms with Crippen LogP contribution in [0.15, 0.2) is 17.5 Å². The summed E-state index contributed by atoms with van der Waals surface area (Å²) in [7, 11) is 0. The average Bonchev–Trinajstić information content (AvgIpc) is 2.71. The van der Waals surface area contributed by atoms with Gasteiger partial charge in [0.25, 0.3) is 0 Å². The van der Waals surface area contributed by atoms with Crippen LogP contribution in [0.4, 0.5) is 0 Å². The molecule has 1 aromatic heterocycles. The summed E-state index contributed by atoms with van der Waals surface area (Å²) in [5, 5.41) is 5.75. The molecule has 80 valence electrons. The fourth-order valence-electron chi connectivity index (χ4n) is 1.39. The van der Waals surface area contributed by atoms with E-state index < -0.39 is 0 Å². The molecule has 1 unspecified atom stereocenters. The molecule has 14 heavy (non-hydrogen) atoms. The topological polar surface area (TPSA) is 12.0 Å². The molecular formula is C11H19NS2. The smallest absolute Gasteiger partial charge is 0.0412 e. The third-order valence-corrected chi connectivity index (χ3v) is 4.02. The van der Waals surface area contributed by atoms with Crippen LogP contribution in [-0.4, -0.2) is 18.1 Å². The van der Waals surface area contributed by atoms with E-state index in [4.69, 9.17) is 0 Å². The molecule has 0 aliphatic carbocycles. The molecule has 0 aliphatic rings. The molecule has 1 nitrogen and oxygen atoms in total. The number of nitrogens with one attached hydrogen (secondary N) is 1. The summed E-state index contributed by atoms with van der Waals surface area (Å²) in [4.78, 5) is 1.47. The van der Waals surface area contributed by atoms with E-state index in [0.29, 0.717) is 6.04 Å². The quantitative estimate of drug-likeness (QED) is 0.718. The van der Waals surface area contributed by atoms with E-state index >= 15 is 0 Å². The third kappa shape index (κ3) is 4.03. The van der Waals surface area contributed by atoms with Crippen molar-refractivity contribution < 1.29 is 0 Å². The van der Waals surface area contributed by atoms with E-state index in [1.807, 2.05) is 23.1 Å². The molecule has 1 N–H and O–H groups in total. The molecule has 0 saturated heterocycles. The van der Waals surface area contributed by atoms with Crippen molar-refractivity contribution in [2.45, 2.75) is 26.3 Å². The van der Waals surface area contributed by atoms with E-state index in [0.717, 1.165) is 6.54 Å². The molecule has 0 aliphatic heterocycles. The van der Waals surface area contributed by atoms with Crippen molar-refractivity contribution >= 4 is 23.1 Å². The van der Waals surface area contributed by atoms with E-state index in [-0.39, 0.29) is 0 Å². The van der Waals surface area contributed by atoms with Crippen molar-refractivity contribution in [2.75, 3.05) is 18.1 Å². The Balaban J connectivity index is 2.26. The first kappa shape index (κ1) is 12.1. The minimum atomic E-state index is 0.562. The van der Waals surface area contributed by atoms with Gasteiger partial charge in [0.15, 0.2) is 0 Å². The Morgan fingerprint density at radius 3 is 2.93 bits per heavy atom. The lowest BCUT2D eigenvalue weighted by atomic mass is 10.2. The zero-order chi connectivity index (χ0) is 10.2. The second-order valence-corrected chi connectivity index (χ2v) is 5.50. The predicted molar refractivity (Wildman–Crippen MR) is 68.4 cm³/mol. The van der Waals surface area contributed by atoms with Crippen LogP contribution in [0, 0.1) is 0 Å². The lowest BCUT2D eigenvalue weighted by Crippen LogP contribution is -2.22. The van der Waals surface area contributed by atoms with Gasteiger partial charge >= 0.3 is 0 Å². The SMILES string of the molecule is CCSCCNC(CC)c1cccs1. The summed E-state index contributed by atoms with van der Waals surface area (Å²) < 4.78 is 0. The van der Waals surface area contributed by atoms with Crippen molar-refractivity contribution in [3.8, 4) is 0 Å². The lowest BCUT2D eigenvalue weighted by Gasteiger charge is -2.14. The average molecular weight is 229 g/mol. The predicted octanol–water partition coefficient (Wildman–Crippen LogP) is 3.54. The summed E-state index contributed by atoms with van der Waals surface area (Å²) in [6.07, 6.45) is 1.18. The number of thioether (sulfide) groups is 1. The van der Waals surface area contributed by atoms with E-state index in [1.165, 1.54) is 22.8 Å². The zero-order valence-corrected chi connectivity index (χ0v) is 10.6. The van der Waals surface area contributed by atoms with Gasteiger partial charge in [-0.2, -0.15) is 11.8 Å². The Morgan fingerprint density at radius 2 is 2.36 bits per heavy atom. The highest BCUT2D eigenvalue weighted by Gasteiger charge is 2.08. The van der Waals surface area contributed by atoms with E-state index in [9.17, 15) is 0 Å². The number of thiophene rings is 1. The molecule has 0 saturated carbocycles. The minimum absolute atomic E-state index is 0.562. The van der Waals surface area contributed by atoms with E-state index in [2.05, 4.69) is 36.7 Å². The maximum atomic E-state index is 3.60. The van der Waals surface area contributed by atoms with Crippen molar-refractivity contribution in [2.24, 2.45) is 0 Å². The summed E-state index contributed by atoms with van der Waals surface area (Å²) in [6, 6.07) is 4.91. The summed E-state index contributed by atoms with van der Waals surface area (Å²) >= 11 is 3.85. The highest BCUT2D eigenvalue weighted by Crippen LogP contribution is 2.21. The first-order valence-electron chi connectivity index (χ1n) is 5.23. The van der Waals surface area contributed by atoms with Crippen LogP contribution in [0.2, 0.25) is 0 Å². The van der Waals surface area contributed by atoms with Crippen LogP contribution in [0.1, 0.15) is 31.2 Å². The highest BCUT2D eigenvalue weighted by atomic mass is 32.2. The third-order valence-electron chi connectivity index (χ3n) is 2.14. The standard InChI is InChI=1S/C11H19NS2/c1-3-10(11-6-5-8-14-11)12-7-9-13-4-2/h5-6,8,10,12H,3-4,7,9H2,1-2H3. The van der Waals surface area contributed by atoms with Gasteiger partial charge in [-0.15, -0.1) is 11.3 Å². The van der Waals surface area contributed by atoms with Gasteiger partial charge in [0, 0.05) is 23.2 Å². The van der Waals surface area contributed by atoms with Crippen LogP contribution in [0.25, 0.3) is 0 Å². The van der Waals surface area contributed by atoms with Crippen LogP contribution in [-0.2, 0) is 0 Å². The fourth-order valence-corrected chi connectivity index (χ4v) is 2.82. The van der Waals surface area contributed by atoms with Gasteiger partial charge in [0.1, 0.15) is 0 Å². The lowest BCUT2D eigenvalue weighted by molar-refractivity contribution is 0.548. The van der Waals surface area contributed by atoms with Gasteiger partial charge in [0.05, 0.1) is 0 Å². The largest absolute Gasteiger partial charge is 0.308 e. The molecule has 0 amide bonds. The normalized spacial score (nSPS) is 13.0. The van der Waals surface area contributed by atoms with Crippen molar-refractivity contribution in [1.29, 1.82) is 0 Å². The first-order chi connectivity index (χ1) is 6.88. The van der Waals surface area contributed by atoms with Crippen molar-refractivity contribution in [3.05, 3.63) is 22.4 Å². The monoisotopic (exact) mass is 229 g/mol. The van der Waals surface area contributed by atoms with Crippen LogP contribution >= 0.6 is 23.1 Å². The first-order valence-corrected chi connectivity index (χ1v) is 7.26. The second-order valence-electron chi connectivity index (χ2n) is 3.13. The van der Waals surface area contributed by atoms with Gasteiger partial charge in [-0.1, -0.05) is 19.9 Å². The van der Waals surface area contributed by atoms with Gasteiger partial charge in [0.2, 0.25) is 0 Å². The Bertz CT molecular complexity index is 221. The van der Waals surface area contributed by atoms with Gasteiger partial charge in [-0.05, 0) is 23.6 Å². The van der Waals surface area contributed by atoms with Crippen LogP contribution < -0.4 is 5.32 Å². The zero-order valence-electron chi connectivity index (χ0n) is 8.95. The molecule has 0 spiro atoms. The maximum Gasteiger partial charge on any atom is 0.0412 e. The molecule has 1 heterocycles. The van der Waals surface area contributed by atoms with Crippen LogP contribution in [0.3, 0.4) is 0 Å². The highest BCUT2D eigenvalue weighted by molar-refractivity contribution is 7.99. The number of rotatable bonds is 7. The Labute approximate surface area is 95.3 Å². The van der Waals surface area contributed by atoms with Gasteiger partial charge < -0.3 is 5.32 Å². The van der Waals surface area contributed by atoms with Crippen molar-refractivity contribution in [3.63, 3.8) is 0 Å². The number of hydrogen-bond acceptors (Lipinski definition) is 3. The molecule has 1 rings (SSSR count).